The first kappa shape index (κ1) is 25.2. The van der Waals surface area contributed by atoms with Crippen LogP contribution in [-0.4, -0.2) is 28.8 Å². The van der Waals surface area contributed by atoms with E-state index in [1.165, 1.54) is 5.56 Å². The summed E-state index contributed by atoms with van der Waals surface area (Å²) in [6.07, 6.45) is 1.56. The molecule has 0 bridgehead atoms. The third-order valence-corrected chi connectivity index (χ3v) is 6.39. The lowest BCUT2D eigenvalue weighted by molar-refractivity contribution is -0.141. The van der Waals surface area contributed by atoms with Crippen LogP contribution in [0.25, 0.3) is 0 Å². The van der Waals surface area contributed by atoms with Crippen molar-refractivity contribution in [3.8, 4) is 0 Å². The number of nitrogens with one attached hydrogen (secondary N) is 1. The van der Waals surface area contributed by atoms with Gasteiger partial charge < -0.3 is 10.2 Å². The topological polar surface area (TPSA) is 49.4 Å². The van der Waals surface area contributed by atoms with Crippen molar-refractivity contribution in [3.63, 3.8) is 0 Å². The van der Waals surface area contributed by atoms with Crippen LogP contribution < -0.4 is 5.32 Å². The molecule has 0 unspecified atom stereocenters. The van der Waals surface area contributed by atoms with Gasteiger partial charge in [-0.2, -0.15) is 0 Å². The Morgan fingerprint density at radius 1 is 0.824 bits per heavy atom. The quantitative estimate of drug-likeness (QED) is 0.444. The van der Waals surface area contributed by atoms with E-state index in [2.05, 4.69) is 31.3 Å². The third kappa shape index (κ3) is 7.05. The van der Waals surface area contributed by atoms with Crippen LogP contribution >= 0.6 is 0 Å². The Kier molecular flexibility index (Phi) is 9.03. The predicted molar refractivity (Wildman–Crippen MR) is 138 cm³/mol. The zero-order valence-corrected chi connectivity index (χ0v) is 20.8. The molecule has 0 saturated heterocycles. The Morgan fingerprint density at radius 2 is 1.44 bits per heavy atom. The van der Waals surface area contributed by atoms with Crippen LogP contribution in [0.4, 0.5) is 0 Å². The van der Waals surface area contributed by atoms with Crippen LogP contribution in [-0.2, 0) is 29.0 Å². The zero-order valence-electron chi connectivity index (χ0n) is 20.8. The van der Waals surface area contributed by atoms with E-state index in [1.54, 1.807) is 4.90 Å². The molecule has 3 aromatic carbocycles. The molecule has 0 heterocycles. The van der Waals surface area contributed by atoms with Crippen molar-refractivity contribution in [2.75, 3.05) is 0 Å². The highest BCUT2D eigenvalue weighted by molar-refractivity contribution is 5.89. The molecule has 0 fully saturated rings. The summed E-state index contributed by atoms with van der Waals surface area (Å²) in [5, 5.41) is 3.12. The first-order valence-corrected chi connectivity index (χ1v) is 12.1. The van der Waals surface area contributed by atoms with Crippen LogP contribution in [0.15, 0.2) is 78.9 Å². The second-order valence-corrected chi connectivity index (χ2v) is 9.13. The van der Waals surface area contributed by atoms with Gasteiger partial charge in [-0.1, -0.05) is 85.8 Å². The van der Waals surface area contributed by atoms with Gasteiger partial charge in [0.25, 0.3) is 0 Å². The number of hydrogen-bond donors (Lipinski definition) is 1. The predicted octanol–water partition coefficient (Wildman–Crippen LogP) is 5.40. The number of carbonyl (C=O) groups is 2. The van der Waals surface area contributed by atoms with Crippen molar-refractivity contribution in [1.82, 2.24) is 10.2 Å². The van der Waals surface area contributed by atoms with Crippen LogP contribution in [0.3, 0.4) is 0 Å². The summed E-state index contributed by atoms with van der Waals surface area (Å²) in [4.78, 5) is 29.0. The molecule has 34 heavy (non-hydrogen) atoms. The lowest BCUT2D eigenvalue weighted by Gasteiger charge is -2.32. The average molecular weight is 457 g/mol. The van der Waals surface area contributed by atoms with Gasteiger partial charge in [0, 0.05) is 19.0 Å². The molecule has 0 saturated carbocycles. The van der Waals surface area contributed by atoms with E-state index in [1.807, 2.05) is 80.6 Å². The normalized spacial score (nSPS) is 12.6. The van der Waals surface area contributed by atoms with Crippen LogP contribution in [0, 0.1) is 13.8 Å². The SMILES string of the molecule is CC[C@@H](C)NC(=O)[C@@H](Cc1ccccc1)N(Cc1ccccc1)C(=O)Cc1ccc(C)c(C)c1. The first-order valence-electron chi connectivity index (χ1n) is 12.1. The molecule has 0 spiro atoms. The summed E-state index contributed by atoms with van der Waals surface area (Å²) in [5.74, 6) is -0.157. The van der Waals surface area contributed by atoms with E-state index in [0.29, 0.717) is 13.0 Å². The van der Waals surface area contributed by atoms with E-state index in [-0.39, 0.29) is 24.3 Å². The fraction of sp³-hybridized carbons (Fsp3) is 0.333. The van der Waals surface area contributed by atoms with Gasteiger partial charge in [-0.05, 0) is 55.0 Å². The van der Waals surface area contributed by atoms with Crippen LogP contribution in [0.1, 0.15) is 48.1 Å². The summed E-state index contributed by atoms with van der Waals surface area (Å²) in [7, 11) is 0. The van der Waals surface area contributed by atoms with Crippen molar-refractivity contribution in [2.45, 2.75) is 65.6 Å². The van der Waals surface area contributed by atoms with Crippen molar-refractivity contribution in [3.05, 3.63) is 107 Å². The van der Waals surface area contributed by atoms with Gasteiger partial charge in [-0.15, -0.1) is 0 Å². The molecule has 3 aromatic rings. The van der Waals surface area contributed by atoms with Crippen molar-refractivity contribution >= 4 is 11.8 Å². The lowest BCUT2D eigenvalue weighted by Crippen LogP contribution is -2.52. The number of aryl methyl sites for hydroxylation is 2. The number of rotatable bonds is 10. The summed E-state index contributed by atoms with van der Waals surface area (Å²) in [6, 6.07) is 25.4. The Morgan fingerprint density at radius 3 is 2.03 bits per heavy atom. The highest BCUT2D eigenvalue weighted by Gasteiger charge is 2.31. The molecule has 0 aliphatic rings. The van der Waals surface area contributed by atoms with Gasteiger partial charge in [-0.25, -0.2) is 0 Å². The number of benzene rings is 3. The van der Waals surface area contributed by atoms with Crippen molar-refractivity contribution < 1.29 is 9.59 Å². The Balaban J connectivity index is 1.96. The second-order valence-electron chi connectivity index (χ2n) is 9.13. The molecule has 0 aromatic heterocycles. The van der Waals surface area contributed by atoms with E-state index < -0.39 is 6.04 Å². The molecule has 3 rings (SSSR count). The minimum absolute atomic E-state index is 0.0409. The maximum atomic E-state index is 13.8. The molecule has 4 heteroatoms. The van der Waals surface area contributed by atoms with Crippen molar-refractivity contribution in [1.29, 1.82) is 0 Å². The van der Waals surface area contributed by atoms with Gasteiger partial charge in [0.2, 0.25) is 11.8 Å². The number of amides is 2. The molecule has 4 nitrogen and oxygen atoms in total. The smallest absolute Gasteiger partial charge is 0.243 e. The monoisotopic (exact) mass is 456 g/mol. The van der Waals surface area contributed by atoms with Gasteiger partial charge >= 0.3 is 0 Å². The maximum Gasteiger partial charge on any atom is 0.243 e. The number of carbonyl (C=O) groups excluding carboxylic acids is 2. The molecule has 0 aliphatic heterocycles. The van der Waals surface area contributed by atoms with E-state index in [9.17, 15) is 9.59 Å². The number of nitrogens with zero attached hydrogens (tertiary/aromatic N) is 1. The third-order valence-electron chi connectivity index (χ3n) is 6.39. The van der Waals surface area contributed by atoms with Crippen LogP contribution in [0.5, 0.6) is 0 Å². The summed E-state index contributed by atoms with van der Waals surface area (Å²) >= 11 is 0. The van der Waals surface area contributed by atoms with E-state index in [4.69, 9.17) is 0 Å². The number of hydrogen-bond acceptors (Lipinski definition) is 2. The minimum atomic E-state index is -0.601. The molecule has 178 valence electrons. The van der Waals surface area contributed by atoms with Gasteiger partial charge in [0.05, 0.1) is 6.42 Å². The second kappa shape index (κ2) is 12.2. The molecule has 0 radical (unpaired) electrons. The molecular formula is C30H36N2O2. The molecular weight excluding hydrogens is 420 g/mol. The largest absolute Gasteiger partial charge is 0.352 e. The van der Waals surface area contributed by atoms with Gasteiger partial charge in [0.15, 0.2) is 0 Å². The fourth-order valence-electron chi connectivity index (χ4n) is 3.96. The van der Waals surface area contributed by atoms with Gasteiger partial charge in [-0.3, -0.25) is 9.59 Å². The Labute approximate surface area is 204 Å². The van der Waals surface area contributed by atoms with Crippen LogP contribution in [0.2, 0.25) is 0 Å². The zero-order chi connectivity index (χ0) is 24.5. The first-order chi connectivity index (χ1) is 16.4. The minimum Gasteiger partial charge on any atom is -0.352 e. The molecule has 0 aliphatic carbocycles. The van der Waals surface area contributed by atoms with E-state index in [0.717, 1.165) is 28.7 Å². The molecule has 2 amide bonds. The maximum absolute atomic E-state index is 13.8. The highest BCUT2D eigenvalue weighted by Crippen LogP contribution is 2.18. The summed E-state index contributed by atoms with van der Waals surface area (Å²) in [5.41, 5.74) is 5.36. The summed E-state index contributed by atoms with van der Waals surface area (Å²) in [6.45, 7) is 8.55. The van der Waals surface area contributed by atoms with E-state index >= 15 is 0 Å². The fourth-order valence-corrected chi connectivity index (χ4v) is 3.96. The Hall–Kier alpha value is -3.40. The highest BCUT2D eigenvalue weighted by atomic mass is 16.2. The Bertz CT molecular complexity index is 1080. The average Bonchev–Trinajstić information content (AvgIpc) is 2.84. The lowest BCUT2D eigenvalue weighted by atomic mass is 10.00. The standard InChI is InChI=1S/C30H36N2O2/c1-5-24(4)31-30(34)28(19-25-12-8-6-9-13-25)32(21-26-14-10-7-11-15-26)29(33)20-27-17-16-22(2)23(3)18-27/h6-18,24,28H,5,19-21H2,1-4H3,(H,31,34)/t24-,28-/m1/s1. The van der Waals surface area contributed by atoms with Crippen molar-refractivity contribution in [2.24, 2.45) is 0 Å². The molecule has 2 atom stereocenters. The van der Waals surface area contributed by atoms with Gasteiger partial charge in [0.1, 0.15) is 6.04 Å². The molecule has 1 N–H and O–H groups in total. The summed E-state index contributed by atoms with van der Waals surface area (Å²) < 4.78 is 0.